The minimum Gasteiger partial charge on any atom is -0.343 e. The van der Waals surface area contributed by atoms with Gasteiger partial charge in [-0.05, 0) is 6.07 Å². The van der Waals surface area contributed by atoms with Crippen molar-refractivity contribution in [2.24, 2.45) is 0 Å². The Balaban J connectivity index is 1.97. The van der Waals surface area contributed by atoms with Gasteiger partial charge in [0, 0.05) is 18.2 Å². The standard InChI is InChI=1S/C10H8F3N3O/c11-7-2-9(13)8(12)1-6(7)3-14-4-10-15-5-17-16-10/h1-2,5,14H,3-4H2. The summed E-state index contributed by atoms with van der Waals surface area (Å²) in [7, 11) is 0. The molecule has 1 N–H and O–H groups in total. The number of rotatable bonds is 4. The van der Waals surface area contributed by atoms with E-state index in [4.69, 9.17) is 0 Å². The summed E-state index contributed by atoms with van der Waals surface area (Å²) in [5.41, 5.74) is 0.0346. The predicted molar refractivity (Wildman–Crippen MR) is 51.2 cm³/mol. The second-order valence-corrected chi connectivity index (χ2v) is 3.31. The summed E-state index contributed by atoms with van der Waals surface area (Å²) in [6, 6.07) is 1.33. The molecule has 4 nitrogen and oxygen atoms in total. The molecule has 1 aromatic heterocycles. The van der Waals surface area contributed by atoms with Crippen LogP contribution in [0.15, 0.2) is 23.0 Å². The van der Waals surface area contributed by atoms with E-state index >= 15 is 0 Å². The summed E-state index contributed by atoms with van der Waals surface area (Å²) < 4.78 is 43.2. The normalized spacial score (nSPS) is 10.8. The van der Waals surface area contributed by atoms with E-state index in [1.165, 1.54) is 0 Å². The van der Waals surface area contributed by atoms with Crippen molar-refractivity contribution in [2.45, 2.75) is 13.1 Å². The first-order valence-corrected chi connectivity index (χ1v) is 4.76. The van der Waals surface area contributed by atoms with Crippen molar-refractivity contribution in [3.8, 4) is 0 Å². The second kappa shape index (κ2) is 4.96. The van der Waals surface area contributed by atoms with Gasteiger partial charge in [-0.1, -0.05) is 5.16 Å². The van der Waals surface area contributed by atoms with Crippen molar-refractivity contribution in [3.63, 3.8) is 0 Å². The number of halogens is 3. The number of hydrogen-bond acceptors (Lipinski definition) is 4. The molecular formula is C10H8F3N3O. The van der Waals surface area contributed by atoms with Crippen LogP contribution in [0.25, 0.3) is 0 Å². The molecule has 2 rings (SSSR count). The van der Waals surface area contributed by atoms with E-state index in [1.54, 1.807) is 0 Å². The van der Waals surface area contributed by atoms with Crippen LogP contribution in [0.2, 0.25) is 0 Å². The van der Waals surface area contributed by atoms with Gasteiger partial charge < -0.3 is 9.84 Å². The number of benzene rings is 1. The Morgan fingerprint density at radius 2 is 1.82 bits per heavy atom. The highest BCUT2D eigenvalue weighted by Crippen LogP contribution is 2.13. The number of aromatic nitrogens is 2. The largest absolute Gasteiger partial charge is 0.343 e. The molecule has 0 saturated heterocycles. The molecule has 1 aromatic carbocycles. The van der Waals surface area contributed by atoms with E-state index in [0.29, 0.717) is 11.9 Å². The van der Waals surface area contributed by atoms with E-state index < -0.39 is 17.5 Å². The zero-order valence-electron chi connectivity index (χ0n) is 8.58. The van der Waals surface area contributed by atoms with Crippen LogP contribution in [0, 0.1) is 17.5 Å². The maximum atomic E-state index is 13.2. The third kappa shape index (κ3) is 2.82. The Morgan fingerprint density at radius 3 is 2.53 bits per heavy atom. The van der Waals surface area contributed by atoms with E-state index in [1.807, 2.05) is 0 Å². The second-order valence-electron chi connectivity index (χ2n) is 3.31. The fourth-order valence-electron chi connectivity index (χ4n) is 1.28. The van der Waals surface area contributed by atoms with Gasteiger partial charge in [-0.15, -0.1) is 0 Å². The highest BCUT2D eigenvalue weighted by molar-refractivity contribution is 5.19. The smallest absolute Gasteiger partial charge is 0.213 e. The lowest BCUT2D eigenvalue weighted by atomic mass is 10.2. The molecule has 0 aliphatic rings. The van der Waals surface area contributed by atoms with Crippen LogP contribution in [0.4, 0.5) is 13.2 Å². The number of hydrogen-bond donors (Lipinski definition) is 1. The van der Waals surface area contributed by atoms with Crippen molar-refractivity contribution in [2.75, 3.05) is 0 Å². The van der Waals surface area contributed by atoms with Gasteiger partial charge in [0.05, 0.1) is 6.54 Å². The van der Waals surface area contributed by atoms with Gasteiger partial charge in [-0.3, -0.25) is 0 Å². The van der Waals surface area contributed by atoms with Gasteiger partial charge in [0.25, 0.3) is 0 Å². The maximum absolute atomic E-state index is 13.2. The molecule has 0 amide bonds. The molecule has 17 heavy (non-hydrogen) atoms. The summed E-state index contributed by atoms with van der Waals surface area (Å²) in [5.74, 6) is -2.69. The van der Waals surface area contributed by atoms with E-state index in [0.717, 1.165) is 12.5 Å². The minimum absolute atomic E-state index is 0.0346. The fourth-order valence-corrected chi connectivity index (χ4v) is 1.28. The monoisotopic (exact) mass is 243 g/mol. The third-order valence-corrected chi connectivity index (χ3v) is 2.09. The summed E-state index contributed by atoms with van der Waals surface area (Å²) in [4.78, 5) is 3.73. The summed E-state index contributed by atoms with van der Waals surface area (Å²) in [5, 5.41) is 6.30. The van der Waals surface area contributed by atoms with Gasteiger partial charge in [0.1, 0.15) is 5.82 Å². The molecule has 0 bridgehead atoms. The Hall–Kier alpha value is -1.89. The van der Waals surface area contributed by atoms with Crippen LogP contribution in [0.3, 0.4) is 0 Å². The molecular weight excluding hydrogens is 235 g/mol. The van der Waals surface area contributed by atoms with Crippen molar-refractivity contribution in [1.29, 1.82) is 0 Å². The lowest BCUT2D eigenvalue weighted by molar-refractivity contribution is 0.407. The van der Waals surface area contributed by atoms with Crippen LogP contribution in [-0.4, -0.2) is 10.1 Å². The minimum atomic E-state index is -1.20. The Labute approximate surface area is 94.4 Å². The van der Waals surface area contributed by atoms with Gasteiger partial charge >= 0.3 is 0 Å². The summed E-state index contributed by atoms with van der Waals surface area (Å²) >= 11 is 0. The molecule has 7 heteroatoms. The van der Waals surface area contributed by atoms with Gasteiger partial charge in [-0.25, -0.2) is 13.2 Å². The lowest BCUT2D eigenvalue weighted by Gasteiger charge is -2.04. The Bertz CT molecular complexity index is 502. The molecule has 0 aliphatic carbocycles. The first-order valence-electron chi connectivity index (χ1n) is 4.76. The molecule has 0 spiro atoms. The van der Waals surface area contributed by atoms with E-state index in [-0.39, 0.29) is 18.7 Å². The fraction of sp³-hybridized carbons (Fsp3) is 0.200. The van der Waals surface area contributed by atoms with Crippen molar-refractivity contribution < 1.29 is 17.7 Å². The quantitative estimate of drug-likeness (QED) is 0.831. The van der Waals surface area contributed by atoms with E-state index in [9.17, 15) is 13.2 Å². The van der Waals surface area contributed by atoms with E-state index in [2.05, 4.69) is 20.0 Å². The number of nitrogens with one attached hydrogen (secondary N) is 1. The Morgan fingerprint density at radius 1 is 1.06 bits per heavy atom. The first kappa shape index (κ1) is 11.6. The summed E-state index contributed by atoms with van der Waals surface area (Å²) in [6.07, 6.45) is 1.16. The third-order valence-electron chi connectivity index (χ3n) is 2.09. The highest BCUT2D eigenvalue weighted by Gasteiger charge is 2.09. The zero-order chi connectivity index (χ0) is 12.3. The first-order chi connectivity index (χ1) is 8.16. The topological polar surface area (TPSA) is 51.0 Å². The van der Waals surface area contributed by atoms with Crippen molar-refractivity contribution in [1.82, 2.24) is 15.5 Å². The van der Waals surface area contributed by atoms with Gasteiger partial charge in [-0.2, -0.15) is 4.98 Å². The molecule has 0 radical (unpaired) electrons. The Kier molecular flexibility index (Phi) is 3.38. The van der Waals surface area contributed by atoms with Crippen LogP contribution >= 0.6 is 0 Å². The van der Waals surface area contributed by atoms with Crippen LogP contribution in [-0.2, 0) is 13.1 Å². The number of nitrogens with zero attached hydrogens (tertiary/aromatic N) is 2. The predicted octanol–water partition coefficient (Wildman–Crippen LogP) is 1.78. The zero-order valence-corrected chi connectivity index (χ0v) is 8.58. The SMILES string of the molecule is Fc1cc(F)c(CNCc2ncon2)cc1F. The van der Waals surface area contributed by atoms with Gasteiger partial charge in [0.15, 0.2) is 17.5 Å². The average molecular weight is 243 g/mol. The molecule has 2 aromatic rings. The molecule has 0 aliphatic heterocycles. The molecule has 0 fully saturated rings. The maximum Gasteiger partial charge on any atom is 0.213 e. The van der Waals surface area contributed by atoms with Crippen LogP contribution < -0.4 is 5.32 Å². The highest BCUT2D eigenvalue weighted by atomic mass is 19.2. The molecule has 1 heterocycles. The van der Waals surface area contributed by atoms with Crippen molar-refractivity contribution in [3.05, 3.63) is 47.4 Å². The van der Waals surface area contributed by atoms with Gasteiger partial charge in [0.2, 0.25) is 6.39 Å². The van der Waals surface area contributed by atoms with Crippen molar-refractivity contribution >= 4 is 0 Å². The average Bonchev–Trinajstić information content (AvgIpc) is 2.78. The van der Waals surface area contributed by atoms with Crippen LogP contribution in [0.1, 0.15) is 11.4 Å². The lowest BCUT2D eigenvalue weighted by Crippen LogP contribution is -2.15. The summed E-state index contributed by atoms with van der Waals surface area (Å²) in [6.45, 7) is 0.284. The molecule has 0 saturated carbocycles. The molecule has 0 unspecified atom stereocenters. The van der Waals surface area contributed by atoms with Crippen LogP contribution in [0.5, 0.6) is 0 Å². The molecule has 0 atom stereocenters. The molecule has 90 valence electrons.